The number of hydrogen-bond acceptors (Lipinski definition) is 4. The summed E-state index contributed by atoms with van der Waals surface area (Å²) in [6.07, 6.45) is 1.81. The molecule has 146 valence electrons. The van der Waals surface area contributed by atoms with E-state index in [0.29, 0.717) is 23.2 Å². The summed E-state index contributed by atoms with van der Waals surface area (Å²) in [7, 11) is 0. The van der Waals surface area contributed by atoms with Crippen molar-refractivity contribution in [1.29, 1.82) is 0 Å². The van der Waals surface area contributed by atoms with Gasteiger partial charge in [0.2, 0.25) is 0 Å². The molecule has 1 aliphatic rings. The van der Waals surface area contributed by atoms with Crippen molar-refractivity contribution in [3.63, 3.8) is 0 Å². The average Bonchev–Trinajstić information content (AvgIpc) is 3.15. The molecule has 0 radical (unpaired) electrons. The summed E-state index contributed by atoms with van der Waals surface area (Å²) in [4.78, 5) is 16.3. The van der Waals surface area contributed by atoms with Gasteiger partial charge in [0.1, 0.15) is 5.75 Å². The van der Waals surface area contributed by atoms with Crippen LogP contribution in [-0.4, -0.2) is 36.5 Å². The second-order valence-electron chi connectivity index (χ2n) is 7.24. The van der Waals surface area contributed by atoms with Gasteiger partial charge in [0.25, 0.3) is 5.91 Å². The highest BCUT2D eigenvalue weighted by Gasteiger charge is 2.22. The Balaban J connectivity index is 1.45. The van der Waals surface area contributed by atoms with Gasteiger partial charge in [-0.3, -0.25) is 9.69 Å². The van der Waals surface area contributed by atoms with Crippen LogP contribution in [0.4, 0.5) is 0 Å². The maximum absolute atomic E-state index is 12.4. The van der Waals surface area contributed by atoms with E-state index in [-0.39, 0.29) is 5.91 Å². The van der Waals surface area contributed by atoms with E-state index in [1.807, 2.05) is 19.1 Å². The second kappa shape index (κ2) is 9.58. The molecule has 2 atom stereocenters. The lowest BCUT2D eigenvalue weighted by Gasteiger charge is -2.32. The lowest BCUT2D eigenvalue weighted by Crippen LogP contribution is -2.43. The summed E-state index contributed by atoms with van der Waals surface area (Å²) in [6.45, 7) is 7.59. The van der Waals surface area contributed by atoms with E-state index in [0.717, 1.165) is 31.6 Å². The zero-order valence-corrected chi connectivity index (χ0v) is 17.5. The highest BCUT2D eigenvalue weighted by molar-refractivity contribution is 7.09. The normalized spacial score (nSPS) is 18.9. The predicted octanol–water partition coefficient (Wildman–Crippen LogP) is 4.51. The van der Waals surface area contributed by atoms with Gasteiger partial charge in [-0.05, 0) is 74.4 Å². The van der Waals surface area contributed by atoms with Crippen LogP contribution in [0.5, 0.6) is 5.75 Å². The van der Waals surface area contributed by atoms with Crippen LogP contribution in [0.1, 0.15) is 30.2 Å². The number of aryl methyl sites for hydroxylation is 1. The molecule has 0 aliphatic carbocycles. The molecule has 1 aromatic heterocycles. The topological polar surface area (TPSA) is 41.6 Å². The highest BCUT2D eigenvalue weighted by Crippen LogP contribution is 2.23. The van der Waals surface area contributed by atoms with Crippen LogP contribution < -0.4 is 10.1 Å². The molecule has 2 heterocycles. The summed E-state index contributed by atoms with van der Waals surface area (Å²) in [5.74, 6) is 1.12. The Bertz CT molecular complexity index is 751. The SMILES string of the molecule is Cc1cc(Cl)ccc1OC(C)C(=O)NCC1CCCN(Cc2cccs2)C1. The molecule has 1 aromatic carbocycles. The number of piperidine rings is 1. The molecule has 1 saturated heterocycles. The smallest absolute Gasteiger partial charge is 0.260 e. The summed E-state index contributed by atoms with van der Waals surface area (Å²) in [6, 6.07) is 9.72. The Morgan fingerprint density at radius 2 is 2.30 bits per heavy atom. The third-order valence-corrected chi connectivity index (χ3v) is 6.03. The van der Waals surface area contributed by atoms with E-state index in [9.17, 15) is 4.79 Å². The maximum atomic E-state index is 12.4. The predicted molar refractivity (Wildman–Crippen MR) is 112 cm³/mol. The second-order valence-corrected chi connectivity index (χ2v) is 8.71. The number of thiophene rings is 1. The number of likely N-dealkylation sites (tertiary alicyclic amines) is 1. The van der Waals surface area contributed by atoms with E-state index in [1.54, 1.807) is 24.3 Å². The minimum absolute atomic E-state index is 0.0697. The number of ether oxygens (including phenoxy) is 1. The number of hydrogen-bond donors (Lipinski definition) is 1. The Morgan fingerprint density at radius 3 is 3.04 bits per heavy atom. The van der Waals surface area contributed by atoms with Crippen molar-refractivity contribution >= 4 is 28.8 Å². The first-order chi connectivity index (χ1) is 13.0. The fourth-order valence-electron chi connectivity index (χ4n) is 3.46. The van der Waals surface area contributed by atoms with Gasteiger partial charge in [-0.15, -0.1) is 11.3 Å². The van der Waals surface area contributed by atoms with Crippen molar-refractivity contribution < 1.29 is 9.53 Å². The summed E-state index contributed by atoms with van der Waals surface area (Å²) in [5, 5.41) is 5.86. The maximum Gasteiger partial charge on any atom is 0.260 e. The van der Waals surface area contributed by atoms with Crippen LogP contribution in [0.3, 0.4) is 0 Å². The van der Waals surface area contributed by atoms with Crippen molar-refractivity contribution in [3.05, 3.63) is 51.2 Å². The minimum Gasteiger partial charge on any atom is -0.481 e. The molecule has 1 N–H and O–H groups in total. The van der Waals surface area contributed by atoms with Gasteiger partial charge in [0.15, 0.2) is 6.10 Å². The fourth-order valence-corrected chi connectivity index (χ4v) is 4.43. The Labute approximate surface area is 170 Å². The monoisotopic (exact) mass is 406 g/mol. The molecule has 0 bridgehead atoms. The van der Waals surface area contributed by atoms with Gasteiger partial charge in [-0.1, -0.05) is 17.7 Å². The Hall–Kier alpha value is -1.56. The molecule has 1 amide bonds. The first-order valence-electron chi connectivity index (χ1n) is 9.46. The van der Waals surface area contributed by atoms with Crippen LogP contribution in [0, 0.1) is 12.8 Å². The van der Waals surface area contributed by atoms with E-state index in [2.05, 4.69) is 27.7 Å². The van der Waals surface area contributed by atoms with Gasteiger partial charge in [-0.25, -0.2) is 0 Å². The van der Waals surface area contributed by atoms with Gasteiger partial charge < -0.3 is 10.1 Å². The number of carbonyl (C=O) groups is 1. The molecule has 2 unspecified atom stereocenters. The summed E-state index contributed by atoms with van der Waals surface area (Å²) in [5.41, 5.74) is 0.929. The van der Waals surface area contributed by atoms with Gasteiger partial charge >= 0.3 is 0 Å². The van der Waals surface area contributed by atoms with Crippen molar-refractivity contribution in [1.82, 2.24) is 10.2 Å². The molecule has 3 rings (SSSR count). The Kier molecular flexibility index (Phi) is 7.16. The molecule has 2 aromatic rings. The fraction of sp³-hybridized carbons (Fsp3) is 0.476. The van der Waals surface area contributed by atoms with Crippen LogP contribution >= 0.6 is 22.9 Å². The molecular weight excluding hydrogens is 380 g/mol. The first kappa shape index (κ1) is 20.2. The van der Waals surface area contributed by atoms with Crippen LogP contribution in [0.15, 0.2) is 35.7 Å². The number of amides is 1. The number of rotatable bonds is 7. The summed E-state index contributed by atoms with van der Waals surface area (Å²) >= 11 is 7.78. The summed E-state index contributed by atoms with van der Waals surface area (Å²) < 4.78 is 5.81. The number of benzene rings is 1. The van der Waals surface area contributed by atoms with Gasteiger partial charge in [-0.2, -0.15) is 0 Å². The average molecular weight is 407 g/mol. The van der Waals surface area contributed by atoms with E-state index < -0.39 is 6.10 Å². The van der Waals surface area contributed by atoms with Crippen molar-refractivity contribution in [2.45, 2.75) is 39.3 Å². The van der Waals surface area contributed by atoms with Gasteiger partial charge in [0, 0.05) is 29.5 Å². The van der Waals surface area contributed by atoms with Crippen LogP contribution in [0.25, 0.3) is 0 Å². The third kappa shape index (κ3) is 5.96. The largest absolute Gasteiger partial charge is 0.481 e. The molecular formula is C21H27ClN2O2S. The molecule has 4 nitrogen and oxygen atoms in total. The first-order valence-corrected chi connectivity index (χ1v) is 10.7. The zero-order chi connectivity index (χ0) is 19.2. The van der Waals surface area contributed by atoms with Crippen molar-refractivity contribution in [3.8, 4) is 5.75 Å². The Morgan fingerprint density at radius 1 is 1.44 bits per heavy atom. The lowest BCUT2D eigenvalue weighted by atomic mass is 9.98. The third-order valence-electron chi connectivity index (χ3n) is 4.94. The van der Waals surface area contributed by atoms with Crippen LogP contribution in [-0.2, 0) is 11.3 Å². The number of carbonyl (C=O) groups excluding carboxylic acids is 1. The standard InChI is InChI=1S/C21H27ClN2O2S/c1-15-11-18(22)7-8-20(15)26-16(2)21(25)23-12-17-5-3-9-24(13-17)14-19-6-4-10-27-19/h4,6-8,10-11,16-17H,3,5,9,12-14H2,1-2H3,(H,23,25). The van der Waals surface area contributed by atoms with Crippen molar-refractivity contribution in [2.24, 2.45) is 5.92 Å². The quantitative estimate of drug-likeness (QED) is 0.735. The van der Waals surface area contributed by atoms with E-state index in [1.165, 1.54) is 11.3 Å². The van der Waals surface area contributed by atoms with E-state index >= 15 is 0 Å². The lowest BCUT2D eigenvalue weighted by molar-refractivity contribution is -0.127. The number of nitrogens with one attached hydrogen (secondary N) is 1. The molecule has 1 fully saturated rings. The minimum atomic E-state index is -0.532. The number of halogens is 1. The number of nitrogens with zero attached hydrogens (tertiary/aromatic N) is 1. The molecule has 0 saturated carbocycles. The van der Waals surface area contributed by atoms with Crippen LogP contribution in [0.2, 0.25) is 5.02 Å². The van der Waals surface area contributed by atoms with E-state index in [4.69, 9.17) is 16.3 Å². The molecule has 0 spiro atoms. The van der Waals surface area contributed by atoms with Crippen molar-refractivity contribution in [2.75, 3.05) is 19.6 Å². The highest BCUT2D eigenvalue weighted by atomic mass is 35.5. The molecule has 6 heteroatoms. The van der Waals surface area contributed by atoms with Gasteiger partial charge in [0.05, 0.1) is 0 Å². The molecule has 27 heavy (non-hydrogen) atoms. The zero-order valence-electron chi connectivity index (χ0n) is 15.9. The molecule has 1 aliphatic heterocycles.